The number of carbonyl (C=O) groups excluding carboxylic acids is 3. The number of ether oxygens (including phenoxy) is 2. The van der Waals surface area contributed by atoms with Crippen molar-refractivity contribution in [1.29, 1.82) is 0 Å². The van der Waals surface area contributed by atoms with Crippen molar-refractivity contribution in [3.8, 4) is 11.5 Å². The molecule has 3 aromatic carbocycles. The van der Waals surface area contributed by atoms with Crippen LogP contribution in [-0.4, -0.2) is 41.5 Å². The van der Waals surface area contributed by atoms with E-state index in [-0.39, 0.29) is 11.6 Å². The summed E-state index contributed by atoms with van der Waals surface area (Å²) in [6, 6.07) is 11.1. The molecule has 37 heavy (non-hydrogen) atoms. The van der Waals surface area contributed by atoms with E-state index in [1.807, 2.05) is 34.9 Å². The third-order valence-electron chi connectivity index (χ3n) is 8.06. The van der Waals surface area contributed by atoms with E-state index in [0.29, 0.717) is 57.1 Å². The zero-order valence-electron chi connectivity index (χ0n) is 20.5. The van der Waals surface area contributed by atoms with Crippen LogP contribution in [0.4, 0.5) is 0 Å². The largest absolute Gasteiger partial charge is 0.497 e. The van der Waals surface area contributed by atoms with Crippen LogP contribution in [0, 0.1) is 0 Å². The number of hydrogen-bond acceptors (Lipinski definition) is 6. The molecule has 0 fully saturated rings. The molecule has 5 aromatic rings. The molecule has 0 saturated carbocycles. The molecule has 0 aliphatic carbocycles. The maximum absolute atomic E-state index is 13.4. The quantitative estimate of drug-likeness (QED) is 0.287. The topological polar surface area (TPSA) is 118 Å². The normalized spacial score (nSPS) is 20.7. The predicted octanol–water partition coefficient (Wildman–Crippen LogP) is 3.97. The lowest BCUT2D eigenvalue weighted by atomic mass is 9.96. The molecule has 186 valence electrons. The molecule has 2 atom stereocenters. The van der Waals surface area contributed by atoms with Crippen LogP contribution in [0.1, 0.15) is 46.5 Å². The molecule has 2 aliphatic rings. The van der Waals surface area contributed by atoms with Crippen LogP contribution in [0.25, 0.3) is 43.6 Å². The molecule has 0 saturated heterocycles. The number of amides is 2. The molecular formula is C28H24N4O5. The van der Waals surface area contributed by atoms with Crippen LogP contribution in [-0.2, 0) is 10.5 Å². The fraction of sp³-hybridized carbons (Fsp3) is 0.250. The highest BCUT2D eigenvalue weighted by molar-refractivity contribution is 6.39. The fourth-order valence-electron chi connectivity index (χ4n) is 6.51. The van der Waals surface area contributed by atoms with E-state index in [0.717, 1.165) is 22.7 Å². The van der Waals surface area contributed by atoms with Crippen LogP contribution in [0.15, 0.2) is 36.4 Å². The van der Waals surface area contributed by atoms with Crippen molar-refractivity contribution in [3.05, 3.63) is 47.5 Å². The Morgan fingerprint density at radius 1 is 0.973 bits per heavy atom. The van der Waals surface area contributed by atoms with Gasteiger partial charge >= 0.3 is 0 Å². The zero-order valence-corrected chi connectivity index (χ0v) is 20.5. The van der Waals surface area contributed by atoms with Gasteiger partial charge in [-0.15, -0.1) is 0 Å². The maximum atomic E-state index is 13.4. The zero-order chi connectivity index (χ0) is 25.8. The number of methoxy groups -OCH3 is 2. The first kappa shape index (κ1) is 21.9. The van der Waals surface area contributed by atoms with Crippen LogP contribution >= 0.6 is 0 Å². The van der Waals surface area contributed by atoms with Crippen molar-refractivity contribution in [3.63, 3.8) is 0 Å². The average molecular weight is 497 g/mol. The molecular weight excluding hydrogens is 472 g/mol. The maximum Gasteiger partial charge on any atom is 0.259 e. The third kappa shape index (κ3) is 2.49. The van der Waals surface area contributed by atoms with Gasteiger partial charge in [-0.2, -0.15) is 0 Å². The smallest absolute Gasteiger partial charge is 0.259 e. The monoisotopic (exact) mass is 496 g/mol. The van der Waals surface area contributed by atoms with Crippen molar-refractivity contribution in [2.45, 2.75) is 31.5 Å². The standard InChI is InChI=1S/C28H24N4O5/c1-4-13-11-28(29,12-33)32-19-8-6-15(37-3)10-17(19)21-23-22(26(34)30-27(23)35)20-16-9-14(36-2)5-7-18(16)31(13)24(20)25(21)32/h5-10,12-13H,4,11,29H2,1-3H3,(H,30,34,35)/t13?,28-/m0/s1. The van der Waals surface area contributed by atoms with Crippen LogP contribution < -0.4 is 20.5 Å². The number of benzene rings is 3. The summed E-state index contributed by atoms with van der Waals surface area (Å²) in [6.45, 7) is 2.06. The lowest BCUT2D eigenvalue weighted by Gasteiger charge is -2.29. The number of aldehydes is 1. The number of aromatic nitrogens is 2. The fourth-order valence-corrected chi connectivity index (χ4v) is 6.51. The van der Waals surface area contributed by atoms with Gasteiger partial charge in [-0.1, -0.05) is 6.92 Å². The third-order valence-corrected chi connectivity index (χ3v) is 8.06. The summed E-state index contributed by atoms with van der Waals surface area (Å²) in [5.41, 5.74) is 9.18. The molecule has 9 nitrogen and oxygen atoms in total. The van der Waals surface area contributed by atoms with Gasteiger partial charge in [0.1, 0.15) is 11.5 Å². The second kappa shape index (κ2) is 7.10. The molecule has 0 radical (unpaired) electrons. The Balaban J connectivity index is 1.89. The van der Waals surface area contributed by atoms with Gasteiger partial charge in [0.25, 0.3) is 11.8 Å². The lowest BCUT2D eigenvalue weighted by Crippen LogP contribution is -2.45. The van der Waals surface area contributed by atoms with Gasteiger partial charge in [-0.25, -0.2) is 0 Å². The minimum Gasteiger partial charge on any atom is -0.497 e. The first-order chi connectivity index (χ1) is 17.9. The van der Waals surface area contributed by atoms with E-state index < -0.39 is 17.5 Å². The summed E-state index contributed by atoms with van der Waals surface area (Å²) in [5, 5.41) is 5.25. The number of nitrogens with one attached hydrogen (secondary N) is 1. The highest BCUT2D eigenvalue weighted by Crippen LogP contribution is 2.50. The Hall–Kier alpha value is -4.37. The van der Waals surface area contributed by atoms with E-state index in [4.69, 9.17) is 15.2 Å². The summed E-state index contributed by atoms with van der Waals surface area (Å²) in [7, 11) is 3.16. The first-order valence-electron chi connectivity index (χ1n) is 12.2. The number of rotatable bonds is 4. The molecule has 2 amide bonds. The second-order valence-corrected chi connectivity index (χ2v) is 9.83. The van der Waals surface area contributed by atoms with E-state index in [1.54, 1.807) is 20.3 Å². The van der Waals surface area contributed by atoms with Gasteiger partial charge in [-0.05, 0) is 42.8 Å². The van der Waals surface area contributed by atoms with Gasteiger partial charge in [0.2, 0.25) is 0 Å². The van der Waals surface area contributed by atoms with E-state index in [1.165, 1.54) is 0 Å². The lowest BCUT2D eigenvalue weighted by molar-refractivity contribution is -0.115. The minimum atomic E-state index is -1.38. The molecule has 0 bridgehead atoms. The summed E-state index contributed by atoms with van der Waals surface area (Å²) < 4.78 is 15.1. The van der Waals surface area contributed by atoms with Gasteiger partial charge in [0, 0.05) is 39.5 Å². The Bertz CT molecular complexity index is 1880. The number of hydrogen-bond donors (Lipinski definition) is 2. The molecule has 0 spiro atoms. The number of nitrogens with two attached hydrogens (primary N) is 1. The van der Waals surface area contributed by atoms with Crippen LogP contribution in [0.5, 0.6) is 11.5 Å². The van der Waals surface area contributed by atoms with E-state index in [2.05, 4.69) is 16.8 Å². The van der Waals surface area contributed by atoms with Crippen molar-refractivity contribution in [1.82, 2.24) is 14.5 Å². The average Bonchev–Trinajstić information content (AvgIpc) is 3.50. The van der Waals surface area contributed by atoms with E-state index in [9.17, 15) is 14.4 Å². The Morgan fingerprint density at radius 3 is 2.11 bits per heavy atom. The first-order valence-corrected chi connectivity index (χ1v) is 12.2. The predicted molar refractivity (Wildman–Crippen MR) is 140 cm³/mol. The molecule has 3 N–H and O–H groups in total. The van der Waals surface area contributed by atoms with Gasteiger partial charge in [-0.3, -0.25) is 19.7 Å². The van der Waals surface area contributed by atoms with Crippen molar-refractivity contribution in [2.75, 3.05) is 14.2 Å². The molecule has 7 rings (SSSR count). The Labute approximate surface area is 210 Å². The molecule has 2 aromatic heterocycles. The van der Waals surface area contributed by atoms with Crippen LogP contribution in [0.2, 0.25) is 0 Å². The van der Waals surface area contributed by atoms with Crippen LogP contribution in [0.3, 0.4) is 0 Å². The van der Waals surface area contributed by atoms with Gasteiger partial charge in [0.15, 0.2) is 11.9 Å². The van der Waals surface area contributed by atoms with Gasteiger partial charge < -0.3 is 24.3 Å². The second-order valence-electron chi connectivity index (χ2n) is 9.83. The van der Waals surface area contributed by atoms with Crippen molar-refractivity contribution >= 4 is 61.7 Å². The molecule has 2 aliphatic heterocycles. The van der Waals surface area contributed by atoms with Gasteiger partial charge in [0.05, 0.1) is 41.9 Å². The van der Waals surface area contributed by atoms with Crippen molar-refractivity contribution < 1.29 is 23.9 Å². The molecule has 9 heteroatoms. The number of carbonyl (C=O) groups is 3. The highest BCUT2D eigenvalue weighted by Gasteiger charge is 2.43. The molecule has 1 unspecified atom stereocenters. The molecule has 4 heterocycles. The highest BCUT2D eigenvalue weighted by atomic mass is 16.5. The summed E-state index contributed by atoms with van der Waals surface area (Å²) in [4.78, 5) is 39.5. The Morgan fingerprint density at radius 2 is 1.54 bits per heavy atom. The summed E-state index contributed by atoms with van der Waals surface area (Å²) >= 11 is 0. The summed E-state index contributed by atoms with van der Waals surface area (Å²) in [5.74, 6) is 0.311. The summed E-state index contributed by atoms with van der Waals surface area (Å²) in [6.07, 6.45) is 1.83. The minimum absolute atomic E-state index is 0.141. The number of imide groups is 1. The SMILES string of the molecule is CCC1C[C@@](N)(C=O)n2c3ccc(OC)cc3c3c4c(c5c6cc(OC)ccc6n1c5c32)C(=O)NC4=O. The Kier molecular flexibility index (Phi) is 4.20. The van der Waals surface area contributed by atoms with Crippen molar-refractivity contribution in [2.24, 2.45) is 5.73 Å². The number of fused-ring (bicyclic) bond motifs is 9. The van der Waals surface area contributed by atoms with E-state index >= 15 is 0 Å². The number of nitrogens with zero attached hydrogens (tertiary/aromatic N) is 2.